The van der Waals surface area contributed by atoms with Crippen LogP contribution in [0.3, 0.4) is 0 Å². The smallest absolute Gasteiger partial charge is 0.0224 e. The molecule has 5 atom stereocenters. The van der Waals surface area contributed by atoms with Gasteiger partial charge in [-0.3, -0.25) is 4.90 Å². The molecule has 0 radical (unpaired) electrons. The quantitative estimate of drug-likeness (QED) is 0.543. The molecule has 186 valence electrons. The van der Waals surface area contributed by atoms with Crippen LogP contribution in [0.25, 0.3) is 0 Å². The summed E-state index contributed by atoms with van der Waals surface area (Å²) in [5.74, 6) is 5.22. The van der Waals surface area contributed by atoms with E-state index in [1.807, 2.05) is 0 Å². The molecular formula is C28H54N4. The molecule has 0 aromatic heterocycles. The van der Waals surface area contributed by atoms with Gasteiger partial charge >= 0.3 is 0 Å². The number of likely N-dealkylation sites (tertiary alicyclic amines) is 2. The Morgan fingerprint density at radius 3 is 1.97 bits per heavy atom. The van der Waals surface area contributed by atoms with Gasteiger partial charge in [0, 0.05) is 45.3 Å². The third-order valence-electron chi connectivity index (χ3n) is 9.56. The first-order valence-corrected chi connectivity index (χ1v) is 14.3. The zero-order valence-electron chi connectivity index (χ0n) is 22.0. The highest BCUT2D eigenvalue weighted by molar-refractivity contribution is 4.86. The van der Waals surface area contributed by atoms with E-state index in [9.17, 15) is 0 Å². The van der Waals surface area contributed by atoms with Crippen molar-refractivity contribution in [3.63, 3.8) is 0 Å². The van der Waals surface area contributed by atoms with Crippen LogP contribution in [-0.4, -0.2) is 99.1 Å². The number of piperidine rings is 2. The first-order valence-electron chi connectivity index (χ1n) is 14.3. The molecule has 32 heavy (non-hydrogen) atoms. The molecule has 4 nitrogen and oxygen atoms in total. The number of rotatable bonds is 0. The van der Waals surface area contributed by atoms with Crippen LogP contribution in [0.1, 0.15) is 71.1 Å². The van der Waals surface area contributed by atoms with Gasteiger partial charge in [0.2, 0.25) is 0 Å². The second kappa shape index (κ2) is 12.0. The van der Waals surface area contributed by atoms with Gasteiger partial charge in [-0.1, -0.05) is 26.2 Å². The fourth-order valence-corrected chi connectivity index (χ4v) is 8.08. The summed E-state index contributed by atoms with van der Waals surface area (Å²) in [5.41, 5.74) is 0. The van der Waals surface area contributed by atoms with E-state index in [2.05, 4.69) is 47.7 Å². The van der Waals surface area contributed by atoms with E-state index in [0.29, 0.717) is 0 Å². The summed E-state index contributed by atoms with van der Waals surface area (Å²) < 4.78 is 0. The lowest BCUT2D eigenvalue weighted by Gasteiger charge is -2.42. The van der Waals surface area contributed by atoms with Gasteiger partial charge in [0.1, 0.15) is 0 Å². The molecule has 6 rings (SSSR count). The minimum atomic E-state index is 0.902. The van der Waals surface area contributed by atoms with Crippen molar-refractivity contribution in [2.24, 2.45) is 29.6 Å². The van der Waals surface area contributed by atoms with Crippen molar-refractivity contribution in [2.75, 3.05) is 73.5 Å². The summed E-state index contributed by atoms with van der Waals surface area (Å²) in [4.78, 5) is 10.1. The zero-order valence-corrected chi connectivity index (χ0v) is 22.0. The highest BCUT2D eigenvalue weighted by Crippen LogP contribution is 2.37. The average Bonchev–Trinajstić information content (AvgIpc) is 3.21. The standard InChI is InChI=1S/2C10H19N.C8H16N2/c1-8-3-9-5-10(4-8)7-11(2)6-9;1-11-7-6-9-4-2-3-5-10(9)8-11;1-9-5-6-10-4-2-3-8(10)7-9/h8-10H,3-7H2,1-2H3;9-10H,2-8H2,1H3;8H,2-7H2,1H3. The molecule has 0 spiro atoms. The first-order chi connectivity index (χ1) is 15.5. The summed E-state index contributed by atoms with van der Waals surface area (Å²) in [7, 11) is 6.77. The molecule has 2 bridgehead atoms. The molecule has 0 amide bonds. The predicted molar refractivity (Wildman–Crippen MR) is 137 cm³/mol. The molecule has 4 heteroatoms. The fourth-order valence-electron chi connectivity index (χ4n) is 8.08. The fraction of sp³-hybridized carbons (Fsp3) is 1.00. The van der Waals surface area contributed by atoms with Gasteiger partial charge in [0.25, 0.3) is 0 Å². The van der Waals surface area contributed by atoms with Gasteiger partial charge in [-0.2, -0.15) is 0 Å². The third-order valence-corrected chi connectivity index (χ3v) is 9.56. The first kappa shape index (κ1) is 24.9. The summed E-state index contributed by atoms with van der Waals surface area (Å²) in [6.07, 6.45) is 14.9. The maximum atomic E-state index is 2.64. The number of piperazine rings is 1. The Morgan fingerprint density at radius 2 is 1.22 bits per heavy atom. The van der Waals surface area contributed by atoms with Crippen LogP contribution < -0.4 is 0 Å². The van der Waals surface area contributed by atoms with Crippen molar-refractivity contribution in [3.8, 4) is 0 Å². The highest BCUT2D eigenvalue weighted by Gasteiger charge is 2.32. The Balaban J connectivity index is 0.000000115. The summed E-state index contributed by atoms with van der Waals surface area (Å²) in [5, 5.41) is 0. The molecule has 6 fully saturated rings. The van der Waals surface area contributed by atoms with Gasteiger partial charge in [0.05, 0.1) is 0 Å². The topological polar surface area (TPSA) is 13.0 Å². The molecule has 4 heterocycles. The number of nitrogens with zero attached hydrogens (tertiary/aromatic N) is 4. The SMILES string of the molecule is CC1CC2CC(C1)CN(C)C2.CN1CCC2CCCCC2C1.CN1CCN2CCCC2C1. The van der Waals surface area contributed by atoms with Gasteiger partial charge in [-0.05, 0) is 109 Å². The Bertz CT molecular complexity index is 520. The maximum Gasteiger partial charge on any atom is 0.0224 e. The Kier molecular flexibility index (Phi) is 9.35. The Morgan fingerprint density at radius 1 is 0.531 bits per heavy atom. The summed E-state index contributed by atoms with van der Waals surface area (Å²) in [6.45, 7) is 13.1. The van der Waals surface area contributed by atoms with Gasteiger partial charge in [-0.15, -0.1) is 0 Å². The van der Waals surface area contributed by atoms with E-state index in [1.54, 1.807) is 0 Å². The van der Waals surface area contributed by atoms with Crippen LogP contribution in [0.4, 0.5) is 0 Å². The van der Waals surface area contributed by atoms with Gasteiger partial charge in [0.15, 0.2) is 0 Å². The Hall–Kier alpha value is -0.160. The van der Waals surface area contributed by atoms with Crippen LogP contribution in [-0.2, 0) is 0 Å². The second-order valence-electron chi connectivity index (χ2n) is 12.7. The van der Waals surface area contributed by atoms with Crippen molar-refractivity contribution in [1.82, 2.24) is 19.6 Å². The molecule has 0 aromatic carbocycles. The minimum absolute atomic E-state index is 0.902. The van der Waals surface area contributed by atoms with Crippen LogP contribution in [0.2, 0.25) is 0 Å². The second-order valence-corrected chi connectivity index (χ2v) is 12.7. The largest absolute Gasteiger partial charge is 0.306 e. The van der Waals surface area contributed by atoms with E-state index in [1.165, 1.54) is 117 Å². The highest BCUT2D eigenvalue weighted by atomic mass is 15.3. The summed E-state index contributed by atoms with van der Waals surface area (Å²) >= 11 is 0. The molecule has 6 aliphatic rings. The van der Waals surface area contributed by atoms with E-state index in [4.69, 9.17) is 0 Å². The molecule has 2 saturated carbocycles. The lowest BCUT2D eigenvalue weighted by molar-refractivity contribution is 0.0802. The molecule has 0 aromatic rings. The minimum Gasteiger partial charge on any atom is -0.306 e. The average molecular weight is 447 g/mol. The van der Waals surface area contributed by atoms with E-state index >= 15 is 0 Å². The van der Waals surface area contributed by atoms with Crippen molar-refractivity contribution in [3.05, 3.63) is 0 Å². The van der Waals surface area contributed by atoms with Gasteiger partial charge < -0.3 is 14.7 Å². The number of hydrogen-bond acceptors (Lipinski definition) is 4. The Labute approximate surface area is 200 Å². The number of hydrogen-bond donors (Lipinski definition) is 0. The number of likely N-dealkylation sites (N-methyl/N-ethyl adjacent to an activating group) is 1. The van der Waals surface area contributed by atoms with E-state index < -0.39 is 0 Å². The van der Waals surface area contributed by atoms with Crippen LogP contribution in [0.5, 0.6) is 0 Å². The molecular weight excluding hydrogens is 392 g/mol. The monoisotopic (exact) mass is 446 g/mol. The predicted octanol–water partition coefficient (Wildman–Crippen LogP) is 4.51. The van der Waals surface area contributed by atoms with Gasteiger partial charge in [-0.25, -0.2) is 0 Å². The number of fused-ring (bicyclic) bond motifs is 4. The normalized spacial score (nSPS) is 40.9. The van der Waals surface area contributed by atoms with Crippen LogP contribution in [0.15, 0.2) is 0 Å². The molecule has 0 N–H and O–H groups in total. The van der Waals surface area contributed by atoms with Crippen LogP contribution >= 0.6 is 0 Å². The van der Waals surface area contributed by atoms with Crippen molar-refractivity contribution in [2.45, 2.75) is 77.2 Å². The van der Waals surface area contributed by atoms with Crippen molar-refractivity contribution < 1.29 is 0 Å². The molecule has 4 aliphatic heterocycles. The molecule has 2 aliphatic carbocycles. The zero-order chi connectivity index (χ0) is 22.5. The summed E-state index contributed by atoms with van der Waals surface area (Å²) in [6, 6.07) is 0.902. The van der Waals surface area contributed by atoms with Crippen molar-refractivity contribution >= 4 is 0 Å². The van der Waals surface area contributed by atoms with E-state index in [-0.39, 0.29) is 0 Å². The lowest BCUT2D eigenvalue weighted by Crippen LogP contribution is -2.48. The lowest BCUT2D eigenvalue weighted by atomic mass is 9.73. The maximum absolute atomic E-state index is 2.64. The third kappa shape index (κ3) is 7.17. The van der Waals surface area contributed by atoms with E-state index in [0.717, 1.165) is 35.6 Å². The van der Waals surface area contributed by atoms with Crippen molar-refractivity contribution in [1.29, 1.82) is 0 Å². The van der Waals surface area contributed by atoms with Crippen LogP contribution in [0, 0.1) is 29.6 Å². The molecule has 4 saturated heterocycles. The molecule has 5 unspecified atom stereocenters.